The Hall–Kier alpha value is -7.94. The van der Waals surface area contributed by atoms with Crippen LogP contribution in [-0.2, 0) is 31.8 Å². The Balaban J connectivity index is 0.000000232. The van der Waals surface area contributed by atoms with Crippen molar-refractivity contribution in [3.8, 4) is 0 Å². The molecule has 0 aromatic heterocycles. The lowest BCUT2D eigenvalue weighted by molar-refractivity contribution is -0.001000. The van der Waals surface area contributed by atoms with Crippen LogP contribution >= 0.6 is 31.7 Å². The SMILES string of the molecule is CC(C)(C)c1ccc([PH+](c2ccccc2)c2ccccc2)cc1.CC(C)(C)c1ccc([PH+](c2ccccc2)c2ccccc2)cc1.CC(C)(C)c1ccc([PH+](c2ccccc2)c2ccccc2)cc1.CC(C)(C)c1ccc([PH+](c2ccccc2)c2ccccc2)cc1.CS(=O)(=O)[O-].[F-].[F-].[F-]. The van der Waals surface area contributed by atoms with E-state index in [0.717, 1.165) is 0 Å². The molecule has 0 N–H and O–H groups in total. The molecule has 0 spiro atoms. The predicted octanol–water partition coefficient (Wildman–Crippen LogP) is 8.07. The molecule has 3 nitrogen and oxygen atoms in total. The number of hydrogen-bond donors (Lipinski definition) is 0. The van der Waals surface area contributed by atoms with Crippen molar-refractivity contribution in [3.05, 3.63) is 362 Å². The minimum absolute atomic E-state index is 0. The number of halogens is 3. The molecule has 0 heterocycles. The van der Waals surface area contributed by atoms with Crippen molar-refractivity contribution >= 4 is 105 Å². The highest BCUT2D eigenvalue weighted by Gasteiger charge is 2.30. The van der Waals surface area contributed by atoms with Crippen molar-refractivity contribution in [2.45, 2.75) is 105 Å². The van der Waals surface area contributed by atoms with Gasteiger partial charge in [-0.15, -0.1) is 0 Å². The number of benzene rings is 12. The van der Waals surface area contributed by atoms with Gasteiger partial charge in [0.2, 0.25) is 0 Å². The van der Waals surface area contributed by atoms with Gasteiger partial charge in [-0.05, 0) is 190 Å². The molecule has 0 aliphatic rings. The minimum atomic E-state index is -3.92. The zero-order valence-corrected chi connectivity index (χ0v) is 64.9. The van der Waals surface area contributed by atoms with Crippen molar-refractivity contribution in [1.82, 2.24) is 0 Å². The zero-order valence-electron chi connectivity index (χ0n) is 60.1. The van der Waals surface area contributed by atoms with Crippen LogP contribution in [-0.4, -0.2) is 19.2 Å². The van der Waals surface area contributed by atoms with Crippen molar-refractivity contribution in [1.29, 1.82) is 0 Å². The Morgan fingerprint density at radius 3 is 0.380 bits per heavy atom. The van der Waals surface area contributed by atoms with E-state index in [0.29, 0.717) is 6.26 Å². The van der Waals surface area contributed by atoms with Gasteiger partial charge in [-0.1, -0.05) is 277 Å². The molecule has 12 aromatic rings. The van der Waals surface area contributed by atoms with Crippen LogP contribution in [0.3, 0.4) is 0 Å². The Labute approximate surface area is 601 Å². The van der Waals surface area contributed by atoms with Gasteiger partial charge in [-0.2, -0.15) is 0 Å². The molecule has 0 fully saturated rings. The zero-order chi connectivity index (χ0) is 69.6. The van der Waals surface area contributed by atoms with Crippen molar-refractivity contribution in [3.63, 3.8) is 0 Å². The highest BCUT2D eigenvalue weighted by atomic mass is 32.2. The molecule has 0 saturated heterocycles. The van der Waals surface area contributed by atoms with Crippen LogP contribution in [0.2, 0.25) is 0 Å². The van der Waals surface area contributed by atoms with Gasteiger partial charge >= 0.3 is 0 Å². The molecule has 0 unspecified atom stereocenters. The molecular weight excluding hydrogens is 1330 g/mol. The van der Waals surface area contributed by atoms with Crippen molar-refractivity contribution in [2.24, 2.45) is 0 Å². The van der Waals surface area contributed by atoms with Gasteiger partial charge in [-0.25, -0.2) is 8.42 Å². The summed E-state index contributed by atoms with van der Waals surface area (Å²) in [7, 11) is -7.67. The molecule has 100 heavy (non-hydrogen) atoms. The lowest BCUT2D eigenvalue weighted by Gasteiger charge is -2.19. The molecule has 0 aliphatic heterocycles. The van der Waals surface area contributed by atoms with E-state index in [2.05, 4.69) is 423 Å². The van der Waals surface area contributed by atoms with Gasteiger partial charge in [-0.3, -0.25) is 0 Å². The van der Waals surface area contributed by atoms with Crippen LogP contribution in [0.5, 0.6) is 0 Å². The van der Waals surface area contributed by atoms with E-state index in [1.807, 2.05) is 0 Å². The quantitative estimate of drug-likeness (QED) is 0.0920. The fraction of sp³-hybridized carbons (Fsp3) is 0.191. The molecule has 11 heteroatoms. The maximum absolute atomic E-state index is 9.08. The van der Waals surface area contributed by atoms with Crippen LogP contribution in [0.4, 0.5) is 0 Å². The summed E-state index contributed by atoms with van der Waals surface area (Å²) in [6, 6.07) is 124. The van der Waals surface area contributed by atoms with Gasteiger partial charge < -0.3 is 18.7 Å². The summed E-state index contributed by atoms with van der Waals surface area (Å²) < 4.78 is 27.2. The lowest BCUT2D eigenvalue weighted by atomic mass is 9.87. The molecule has 520 valence electrons. The molecule has 12 aromatic carbocycles. The summed E-state index contributed by atoms with van der Waals surface area (Å²) in [6.07, 6.45) is 0.604. The highest BCUT2D eigenvalue weighted by Crippen LogP contribution is 2.38. The van der Waals surface area contributed by atoms with Crippen LogP contribution < -0.4 is 77.8 Å². The normalized spacial score (nSPS) is 11.3. The first-order valence-electron chi connectivity index (χ1n) is 33.5. The summed E-state index contributed by atoms with van der Waals surface area (Å²) >= 11 is 0. The standard InChI is InChI=1S/4C22H23P.CH4O3S.3FH/c4*1-22(2,3)18-14-16-21(17-15-18)23(19-10-6-4-7-11-19)20-12-8-5-9-13-20;1-5(2,3)4;;;/h4*4-17H,1-3H3;1H3,(H,2,3,4);3*1H. The van der Waals surface area contributed by atoms with Gasteiger partial charge in [0.15, 0.2) is 0 Å². The monoisotopic (exact) mass is 1430 g/mol. The van der Waals surface area contributed by atoms with Crippen LogP contribution in [0, 0.1) is 0 Å². The first-order valence-corrected chi connectivity index (χ1v) is 41.3. The fourth-order valence-corrected chi connectivity index (χ4v) is 21.6. The smallest absolute Gasteiger partial charge is 0.102 e. The van der Waals surface area contributed by atoms with E-state index in [9.17, 15) is 0 Å². The van der Waals surface area contributed by atoms with E-state index in [4.69, 9.17) is 13.0 Å². The highest BCUT2D eigenvalue weighted by molar-refractivity contribution is 7.85. The summed E-state index contributed by atoms with van der Waals surface area (Å²) in [6.45, 7) is 27.2. The third-order valence-electron chi connectivity index (χ3n) is 16.7. The fourth-order valence-electron chi connectivity index (χ4n) is 11.4. The second-order valence-electron chi connectivity index (χ2n) is 28.4. The topological polar surface area (TPSA) is 57.2 Å². The van der Waals surface area contributed by atoms with E-state index < -0.39 is 41.8 Å². The number of rotatable bonds is 12. The summed E-state index contributed by atoms with van der Waals surface area (Å²) in [5, 5.41) is 17.3. The van der Waals surface area contributed by atoms with Gasteiger partial charge in [0.1, 0.15) is 63.7 Å². The molecule has 12 rings (SSSR count). The molecule has 0 radical (unpaired) electrons. The van der Waals surface area contributed by atoms with Gasteiger partial charge in [0.25, 0.3) is 0 Å². The lowest BCUT2D eigenvalue weighted by Crippen LogP contribution is -3.00. The molecule has 0 amide bonds. The average molecular weight is 1430 g/mol. The molecular formula is C89H99F3O3P4S. The van der Waals surface area contributed by atoms with Crippen LogP contribution in [0.15, 0.2) is 340 Å². The first kappa shape index (κ1) is 82.7. The maximum Gasteiger partial charge on any atom is 0.102 e. The average Bonchev–Trinajstić information content (AvgIpc) is 0.828. The minimum Gasteiger partial charge on any atom is -1.00 e. The van der Waals surface area contributed by atoms with Gasteiger partial charge in [0.05, 0.1) is 41.8 Å². The van der Waals surface area contributed by atoms with E-state index in [1.165, 1.54) is 85.9 Å². The second kappa shape index (κ2) is 38.7. The van der Waals surface area contributed by atoms with Gasteiger partial charge in [0, 0.05) is 6.26 Å². The maximum atomic E-state index is 9.08. The molecule has 0 atom stereocenters. The summed E-state index contributed by atoms with van der Waals surface area (Å²) in [5.41, 5.74) is 6.37. The van der Waals surface area contributed by atoms with E-state index in [-0.39, 0.29) is 35.8 Å². The summed E-state index contributed by atoms with van der Waals surface area (Å²) in [5.74, 6) is 0. The predicted molar refractivity (Wildman–Crippen MR) is 437 cm³/mol. The Morgan fingerprint density at radius 1 is 0.200 bits per heavy atom. The summed E-state index contributed by atoms with van der Waals surface area (Å²) in [4.78, 5) is 0. The van der Waals surface area contributed by atoms with Crippen molar-refractivity contribution in [2.75, 3.05) is 6.26 Å². The van der Waals surface area contributed by atoms with E-state index in [1.54, 1.807) is 0 Å². The molecule has 0 saturated carbocycles. The molecule has 0 aliphatic carbocycles. The molecule has 0 bridgehead atoms. The second-order valence-corrected chi connectivity index (χ2v) is 39.8. The Morgan fingerprint density at radius 2 is 0.290 bits per heavy atom. The Kier molecular flexibility index (Phi) is 32.1. The third kappa shape index (κ3) is 25.3. The van der Waals surface area contributed by atoms with Crippen molar-refractivity contribution < 1.29 is 27.1 Å². The van der Waals surface area contributed by atoms with E-state index >= 15 is 0 Å². The largest absolute Gasteiger partial charge is 1.00 e. The van der Waals surface area contributed by atoms with Crippen LogP contribution in [0.1, 0.15) is 105 Å². The third-order valence-corrected chi connectivity index (χ3v) is 27.6. The van der Waals surface area contributed by atoms with Crippen LogP contribution in [0.25, 0.3) is 0 Å². The Bertz CT molecular complexity index is 3640. The number of hydrogen-bond acceptors (Lipinski definition) is 3. The first-order chi connectivity index (χ1) is 46.2.